The molecule has 1 N–H and O–H groups in total. The molecule has 0 bridgehead atoms. The molecule has 0 saturated carbocycles. The predicted molar refractivity (Wildman–Crippen MR) is 145 cm³/mol. The van der Waals surface area contributed by atoms with Gasteiger partial charge in [0, 0.05) is 24.3 Å². The smallest absolute Gasteiger partial charge is 0.240 e. The number of aromatic nitrogens is 2. The highest BCUT2D eigenvalue weighted by Crippen LogP contribution is 2.33. The molecule has 3 aromatic carbocycles. The van der Waals surface area contributed by atoms with Gasteiger partial charge in [-0.15, -0.1) is 0 Å². The minimum atomic E-state index is -0.286. The summed E-state index contributed by atoms with van der Waals surface area (Å²) in [5.41, 5.74) is 4.84. The third kappa shape index (κ3) is 5.42. The van der Waals surface area contributed by atoms with Gasteiger partial charge in [-0.2, -0.15) is 0 Å². The number of rotatable bonds is 7. The third-order valence-corrected chi connectivity index (χ3v) is 6.90. The zero-order valence-electron chi connectivity index (χ0n) is 21.5. The van der Waals surface area contributed by atoms with E-state index in [2.05, 4.69) is 41.1 Å². The van der Waals surface area contributed by atoms with Crippen LogP contribution in [0.15, 0.2) is 78.9 Å². The van der Waals surface area contributed by atoms with Crippen molar-refractivity contribution in [3.05, 3.63) is 102 Å². The summed E-state index contributed by atoms with van der Waals surface area (Å²) in [5, 5.41) is 3.53. The van der Waals surface area contributed by atoms with Crippen LogP contribution < -0.4 is 5.32 Å². The van der Waals surface area contributed by atoms with E-state index in [0.29, 0.717) is 26.1 Å². The van der Waals surface area contributed by atoms with Gasteiger partial charge < -0.3 is 14.8 Å². The van der Waals surface area contributed by atoms with Gasteiger partial charge in [0.25, 0.3) is 0 Å². The quantitative estimate of drug-likeness (QED) is 0.379. The van der Waals surface area contributed by atoms with Gasteiger partial charge >= 0.3 is 0 Å². The normalized spacial score (nSPS) is 13.9. The predicted octanol–water partition coefficient (Wildman–Crippen LogP) is 5.26. The number of fused-ring (bicyclic) bond motifs is 1. The van der Waals surface area contributed by atoms with Crippen molar-refractivity contribution in [3.8, 4) is 11.3 Å². The summed E-state index contributed by atoms with van der Waals surface area (Å²) in [6.45, 7) is 3.68. The van der Waals surface area contributed by atoms with Crippen molar-refractivity contribution in [1.29, 1.82) is 0 Å². The Labute approximate surface area is 217 Å². The molecule has 1 amide bonds. The van der Waals surface area contributed by atoms with Crippen LogP contribution in [-0.4, -0.2) is 51.9 Å². The number of anilines is 2. The Morgan fingerprint density at radius 1 is 1.00 bits per heavy atom. The van der Waals surface area contributed by atoms with Gasteiger partial charge in [0.1, 0.15) is 23.2 Å². The van der Waals surface area contributed by atoms with E-state index in [1.807, 2.05) is 54.2 Å². The van der Waals surface area contributed by atoms with E-state index in [4.69, 9.17) is 4.98 Å². The topological polar surface area (TPSA) is 53.4 Å². The molecule has 37 heavy (non-hydrogen) atoms. The number of aryl methyl sites for hydroxylation is 1. The molecule has 7 heteroatoms. The first-order valence-corrected chi connectivity index (χ1v) is 12.6. The molecule has 0 radical (unpaired) electrons. The molecule has 4 aromatic rings. The summed E-state index contributed by atoms with van der Waals surface area (Å²) in [7, 11) is 3.90. The average molecular weight is 498 g/mol. The molecule has 0 aliphatic carbocycles. The SMILES string of the molecule is Cc1ccc(Nc2c(-c3ccc(F)cc3)nc3n2CCN(C(=O)[C@H](Cc2ccccc2)N(C)C)C3)cc1. The van der Waals surface area contributed by atoms with Gasteiger partial charge in [-0.1, -0.05) is 48.0 Å². The van der Waals surface area contributed by atoms with Gasteiger partial charge in [0.05, 0.1) is 12.6 Å². The lowest BCUT2D eigenvalue weighted by molar-refractivity contribution is -0.137. The van der Waals surface area contributed by atoms with Crippen molar-refractivity contribution >= 4 is 17.4 Å². The summed E-state index contributed by atoms with van der Waals surface area (Å²) in [4.78, 5) is 22.5. The first-order chi connectivity index (χ1) is 17.9. The first-order valence-electron chi connectivity index (χ1n) is 12.6. The van der Waals surface area contributed by atoms with Crippen LogP contribution in [0.2, 0.25) is 0 Å². The minimum absolute atomic E-state index is 0.0967. The van der Waals surface area contributed by atoms with Gasteiger partial charge in [0.2, 0.25) is 5.91 Å². The van der Waals surface area contributed by atoms with E-state index >= 15 is 0 Å². The van der Waals surface area contributed by atoms with E-state index in [-0.39, 0.29) is 17.8 Å². The third-order valence-electron chi connectivity index (χ3n) is 6.90. The van der Waals surface area contributed by atoms with E-state index in [0.717, 1.165) is 34.2 Å². The number of carbonyl (C=O) groups excluding carboxylic acids is 1. The van der Waals surface area contributed by atoms with Gasteiger partial charge in [-0.25, -0.2) is 9.37 Å². The number of nitrogens with one attached hydrogen (secondary N) is 1. The Hall–Kier alpha value is -3.97. The number of likely N-dealkylation sites (N-methyl/N-ethyl adjacent to an activating group) is 1. The van der Waals surface area contributed by atoms with Crippen molar-refractivity contribution in [2.75, 3.05) is 26.0 Å². The Balaban J connectivity index is 1.45. The van der Waals surface area contributed by atoms with Crippen LogP contribution in [0.4, 0.5) is 15.9 Å². The summed E-state index contributed by atoms with van der Waals surface area (Å²) in [6, 6.07) is 24.4. The van der Waals surface area contributed by atoms with Crippen molar-refractivity contribution < 1.29 is 9.18 Å². The second-order valence-electron chi connectivity index (χ2n) is 9.80. The number of benzene rings is 3. The highest BCUT2D eigenvalue weighted by atomic mass is 19.1. The Bertz CT molecular complexity index is 1360. The molecule has 5 rings (SSSR count). The maximum Gasteiger partial charge on any atom is 0.240 e. The van der Waals surface area contributed by atoms with Crippen LogP contribution >= 0.6 is 0 Å². The Kier molecular flexibility index (Phi) is 7.06. The Morgan fingerprint density at radius 2 is 1.70 bits per heavy atom. The lowest BCUT2D eigenvalue weighted by Gasteiger charge is -2.33. The molecule has 0 spiro atoms. The number of carbonyl (C=O) groups is 1. The number of hydrogen-bond acceptors (Lipinski definition) is 4. The van der Waals surface area contributed by atoms with Gasteiger partial charge in [-0.3, -0.25) is 9.69 Å². The first kappa shape index (κ1) is 24.7. The van der Waals surface area contributed by atoms with E-state index in [1.165, 1.54) is 17.7 Å². The number of halogens is 1. The zero-order valence-corrected chi connectivity index (χ0v) is 21.5. The molecule has 0 unspecified atom stereocenters. The molecular weight excluding hydrogens is 465 g/mol. The highest BCUT2D eigenvalue weighted by Gasteiger charge is 2.31. The van der Waals surface area contributed by atoms with Crippen LogP contribution in [0, 0.1) is 12.7 Å². The minimum Gasteiger partial charge on any atom is -0.340 e. The Morgan fingerprint density at radius 3 is 2.38 bits per heavy atom. The number of nitrogens with zero attached hydrogens (tertiary/aromatic N) is 4. The van der Waals surface area contributed by atoms with Gasteiger partial charge in [-0.05, 0) is 69.4 Å². The summed E-state index contributed by atoms with van der Waals surface area (Å²) in [6.07, 6.45) is 0.651. The fourth-order valence-electron chi connectivity index (χ4n) is 4.77. The van der Waals surface area contributed by atoms with Crippen LogP contribution in [-0.2, 0) is 24.3 Å². The summed E-state index contributed by atoms with van der Waals surface area (Å²) < 4.78 is 15.8. The van der Waals surface area contributed by atoms with Crippen molar-refractivity contribution in [2.45, 2.75) is 32.5 Å². The number of amides is 1. The van der Waals surface area contributed by atoms with Crippen LogP contribution in [0.1, 0.15) is 17.0 Å². The maximum absolute atomic E-state index is 13.7. The van der Waals surface area contributed by atoms with Crippen LogP contribution in [0.3, 0.4) is 0 Å². The van der Waals surface area contributed by atoms with Crippen molar-refractivity contribution in [3.63, 3.8) is 0 Å². The van der Waals surface area contributed by atoms with E-state index in [1.54, 1.807) is 12.1 Å². The fraction of sp³-hybridized carbons (Fsp3) is 0.267. The largest absolute Gasteiger partial charge is 0.340 e. The standard InChI is InChI=1S/C30H32FN5O/c1-21-9-15-25(16-10-21)32-29-28(23-11-13-24(31)14-12-23)33-27-20-35(17-18-36(27)29)30(37)26(34(2)3)19-22-7-5-4-6-8-22/h4-16,26,32H,17-20H2,1-3H3/t26-/m0/s1. The molecule has 0 saturated heterocycles. The molecule has 1 aromatic heterocycles. The zero-order chi connectivity index (χ0) is 25.9. The maximum atomic E-state index is 13.7. The average Bonchev–Trinajstić information content (AvgIpc) is 3.26. The number of imidazole rings is 1. The molecular formula is C30H32FN5O. The molecule has 1 aliphatic heterocycles. The molecule has 2 heterocycles. The second-order valence-corrected chi connectivity index (χ2v) is 9.80. The summed E-state index contributed by atoms with van der Waals surface area (Å²) >= 11 is 0. The monoisotopic (exact) mass is 497 g/mol. The molecule has 190 valence electrons. The lowest BCUT2D eigenvalue weighted by Crippen LogP contribution is -2.49. The van der Waals surface area contributed by atoms with Crippen LogP contribution in [0.25, 0.3) is 11.3 Å². The van der Waals surface area contributed by atoms with E-state index < -0.39 is 0 Å². The number of hydrogen-bond donors (Lipinski definition) is 1. The second kappa shape index (κ2) is 10.6. The molecule has 1 aliphatic rings. The highest BCUT2D eigenvalue weighted by molar-refractivity contribution is 5.83. The van der Waals surface area contributed by atoms with Crippen molar-refractivity contribution in [1.82, 2.24) is 19.4 Å². The van der Waals surface area contributed by atoms with E-state index in [9.17, 15) is 9.18 Å². The molecule has 6 nitrogen and oxygen atoms in total. The van der Waals surface area contributed by atoms with Crippen LogP contribution in [0.5, 0.6) is 0 Å². The molecule has 1 atom stereocenters. The van der Waals surface area contributed by atoms with Gasteiger partial charge in [0.15, 0.2) is 0 Å². The lowest BCUT2D eigenvalue weighted by atomic mass is 10.0. The summed E-state index contributed by atoms with van der Waals surface area (Å²) in [5.74, 6) is 1.47. The van der Waals surface area contributed by atoms with Crippen molar-refractivity contribution in [2.24, 2.45) is 0 Å². The molecule has 0 fully saturated rings. The fourth-order valence-corrected chi connectivity index (χ4v) is 4.77.